The molecule has 0 spiro atoms. The largest absolute Gasteiger partial charge is 0.368 e. The molecule has 1 heterocycles. The van der Waals surface area contributed by atoms with Gasteiger partial charge in [-0.25, -0.2) is 5.10 Å². The van der Waals surface area contributed by atoms with Gasteiger partial charge < -0.3 is 10.6 Å². The van der Waals surface area contributed by atoms with E-state index in [0.717, 1.165) is 5.39 Å². The van der Waals surface area contributed by atoms with Gasteiger partial charge in [0.15, 0.2) is 11.6 Å². The third-order valence-corrected chi connectivity index (χ3v) is 4.57. The molecule has 0 radical (unpaired) electrons. The minimum Gasteiger partial charge on any atom is -0.368 e. The van der Waals surface area contributed by atoms with E-state index in [-0.39, 0.29) is 17.2 Å². The fourth-order valence-corrected chi connectivity index (χ4v) is 3.04. The maximum Gasteiger partial charge on any atom is 0.272 e. The van der Waals surface area contributed by atoms with Gasteiger partial charge in [-0.05, 0) is 18.9 Å². The van der Waals surface area contributed by atoms with Gasteiger partial charge in [-0.15, -0.1) is 0 Å². The van der Waals surface area contributed by atoms with Crippen LogP contribution in [0.15, 0.2) is 59.4 Å². The summed E-state index contributed by atoms with van der Waals surface area (Å²) in [5.41, 5.74) is 0.464. The lowest BCUT2D eigenvalue weighted by Gasteiger charge is -2.09. The van der Waals surface area contributed by atoms with Crippen molar-refractivity contribution in [3.8, 4) is 0 Å². The van der Waals surface area contributed by atoms with E-state index in [0.29, 0.717) is 55.5 Å². The third kappa shape index (κ3) is 5.75. The highest BCUT2D eigenvalue weighted by molar-refractivity contribution is 5.96. The molecular weight excluding hydrogens is 368 g/mol. The molecule has 29 heavy (non-hydrogen) atoms. The van der Waals surface area contributed by atoms with Crippen LogP contribution in [-0.2, 0) is 4.79 Å². The Hall–Kier alpha value is -3.48. The maximum atomic E-state index is 12.0. The number of carbonyl (C=O) groups is 2. The van der Waals surface area contributed by atoms with E-state index in [1.54, 1.807) is 18.2 Å². The van der Waals surface area contributed by atoms with E-state index in [2.05, 4.69) is 20.8 Å². The third-order valence-electron chi connectivity index (χ3n) is 4.57. The lowest BCUT2D eigenvalue weighted by molar-refractivity contribution is -0.121. The molecule has 0 unspecified atom stereocenters. The van der Waals surface area contributed by atoms with Gasteiger partial charge in [-0.1, -0.05) is 48.5 Å². The number of nitrogens with one attached hydrogen (secondary N) is 3. The molecule has 0 saturated carbocycles. The molecule has 3 N–H and O–H groups in total. The van der Waals surface area contributed by atoms with Crippen LogP contribution in [0.2, 0.25) is 0 Å². The summed E-state index contributed by atoms with van der Waals surface area (Å²) in [7, 11) is 0. The number of hydrogen-bond acceptors (Lipinski definition) is 5. The summed E-state index contributed by atoms with van der Waals surface area (Å²) < 4.78 is 0. The number of aromatic amines is 1. The first kappa shape index (κ1) is 20.3. The van der Waals surface area contributed by atoms with Gasteiger partial charge in [-0.2, -0.15) is 5.10 Å². The number of aromatic nitrogens is 2. The van der Waals surface area contributed by atoms with Crippen molar-refractivity contribution in [1.29, 1.82) is 0 Å². The number of rotatable bonds is 10. The summed E-state index contributed by atoms with van der Waals surface area (Å²) >= 11 is 0. The number of anilines is 1. The van der Waals surface area contributed by atoms with Gasteiger partial charge in [0, 0.05) is 36.9 Å². The fraction of sp³-hybridized carbons (Fsp3) is 0.273. The van der Waals surface area contributed by atoms with Crippen LogP contribution >= 0.6 is 0 Å². The van der Waals surface area contributed by atoms with Gasteiger partial charge in [0.1, 0.15) is 0 Å². The van der Waals surface area contributed by atoms with Gasteiger partial charge in [0.05, 0.1) is 5.39 Å². The molecule has 0 bridgehead atoms. The van der Waals surface area contributed by atoms with Gasteiger partial charge >= 0.3 is 0 Å². The molecule has 7 nitrogen and oxygen atoms in total. The second-order valence-corrected chi connectivity index (χ2v) is 6.72. The summed E-state index contributed by atoms with van der Waals surface area (Å²) in [5, 5.41) is 13.9. The van der Waals surface area contributed by atoms with Gasteiger partial charge in [-0.3, -0.25) is 14.4 Å². The Bertz CT molecular complexity index is 1030. The molecule has 0 fully saturated rings. The molecule has 0 aliphatic heterocycles. The lowest BCUT2D eigenvalue weighted by Crippen LogP contribution is -2.25. The number of benzene rings is 2. The van der Waals surface area contributed by atoms with Crippen LogP contribution in [0.3, 0.4) is 0 Å². The van der Waals surface area contributed by atoms with Crippen LogP contribution < -0.4 is 16.2 Å². The summed E-state index contributed by atoms with van der Waals surface area (Å²) in [6, 6.07) is 16.4. The van der Waals surface area contributed by atoms with E-state index in [4.69, 9.17) is 0 Å². The summed E-state index contributed by atoms with van der Waals surface area (Å²) in [4.78, 5) is 35.7. The molecule has 1 aromatic heterocycles. The number of ketones is 1. The number of fused-ring (bicyclic) bond motifs is 1. The van der Waals surface area contributed by atoms with Crippen molar-refractivity contribution < 1.29 is 9.59 Å². The molecule has 3 rings (SSSR count). The summed E-state index contributed by atoms with van der Waals surface area (Å²) in [5.74, 6) is 0.618. The number of carbonyl (C=O) groups excluding carboxylic acids is 2. The molecule has 2 aromatic carbocycles. The zero-order valence-electron chi connectivity index (χ0n) is 16.1. The first-order chi connectivity index (χ1) is 14.1. The predicted molar refractivity (Wildman–Crippen MR) is 113 cm³/mol. The van der Waals surface area contributed by atoms with Crippen molar-refractivity contribution in [3.05, 3.63) is 70.5 Å². The SMILES string of the molecule is O=C(CCCC(=O)c1ccccc1)NCCCNc1n[nH]c(=O)c2ccccc12. The van der Waals surface area contributed by atoms with Crippen LogP contribution in [0, 0.1) is 0 Å². The molecule has 7 heteroatoms. The van der Waals surface area contributed by atoms with Gasteiger partial charge in [0.2, 0.25) is 5.91 Å². The average Bonchev–Trinajstić information content (AvgIpc) is 2.75. The summed E-state index contributed by atoms with van der Waals surface area (Å²) in [6.07, 6.45) is 1.94. The van der Waals surface area contributed by atoms with Crippen LogP contribution in [-0.4, -0.2) is 35.0 Å². The van der Waals surface area contributed by atoms with Crippen molar-refractivity contribution in [1.82, 2.24) is 15.5 Å². The predicted octanol–water partition coefficient (Wildman–Crippen LogP) is 2.89. The highest BCUT2D eigenvalue weighted by Gasteiger charge is 2.08. The number of amides is 1. The van der Waals surface area contributed by atoms with Crippen molar-refractivity contribution in [2.75, 3.05) is 18.4 Å². The molecule has 3 aromatic rings. The second kappa shape index (κ2) is 10.2. The average molecular weight is 392 g/mol. The second-order valence-electron chi connectivity index (χ2n) is 6.72. The monoisotopic (exact) mass is 392 g/mol. The highest BCUT2D eigenvalue weighted by atomic mass is 16.1. The Morgan fingerprint density at radius 3 is 2.38 bits per heavy atom. The number of nitrogens with zero attached hydrogens (tertiary/aromatic N) is 1. The molecular formula is C22H24N4O3. The Kier molecular flexibility index (Phi) is 7.10. The smallest absolute Gasteiger partial charge is 0.272 e. The van der Waals surface area contributed by atoms with Crippen LogP contribution in [0.4, 0.5) is 5.82 Å². The first-order valence-corrected chi connectivity index (χ1v) is 9.71. The maximum absolute atomic E-state index is 12.0. The van der Waals surface area contributed by atoms with Crippen LogP contribution in [0.25, 0.3) is 10.8 Å². The van der Waals surface area contributed by atoms with Gasteiger partial charge in [0.25, 0.3) is 5.56 Å². The van der Waals surface area contributed by atoms with Crippen molar-refractivity contribution in [2.24, 2.45) is 0 Å². The van der Waals surface area contributed by atoms with E-state index < -0.39 is 0 Å². The van der Waals surface area contributed by atoms with E-state index >= 15 is 0 Å². The zero-order chi connectivity index (χ0) is 20.5. The standard InChI is InChI=1S/C22H24N4O3/c27-19(16-8-2-1-3-9-16)12-6-13-20(28)23-14-7-15-24-21-17-10-4-5-11-18(17)22(29)26-25-21/h1-5,8-11H,6-7,12-15H2,(H,23,28)(H,24,25)(H,26,29). The van der Waals surface area contributed by atoms with E-state index in [1.165, 1.54) is 0 Å². The zero-order valence-corrected chi connectivity index (χ0v) is 16.1. The Labute approximate surface area is 168 Å². The highest BCUT2D eigenvalue weighted by Crippen LogP contribution is 2.16. The normalized spacial score (nSPS) is 10.6. The minimum absolute atomic E-state index is 0.0570. The van der Waals surface area contributed by atoms with Crippen LogP contribution in [0.5, 0.6) is 0 Å². The number of hydrogen-bond donors (Lipinski definition) is 3. The molecule has 0 aliphatic carbocycles. The molecule has 1 amide bonds. The molecule has 0 aliphatic rings. The van der Waals surface area contributed by atoms with Crippen LogP contribution in [0.1, 0.15) is 36.0 Å². The Morgan fingerprint density at radius 1 is 0.862 bits per heavy atom. The molecule has 0 atom stereocenters. The lowest BCUT2D eigenvalue weighted by atomic mass is 10.1. The van der Waals surface area contributed by atoms with Crippen molar-refractivity contribution in [2.45, 2.75) is 25.7 Å². The Morgan fingerprint density at radius 2 is 1.59 bits per heavy atom. The molecule has 150 valence electrons. The van der Waals surface area contributed by atoms with E-state index in [9.17, 15) is 14.4 Å². The first-order valence-electron chi connectivity index (χ1n) is 9.71. The summed E-state index contributed by atoms with van der Waals surface area (Å²) in [6.45, 7) is 1.13. The minimum atomic E-state index is -0.218. The fourth-order valence-electron chi connectivity index (χ4n) is 3.04. The van der Waals surface area contributed by atoms with Crippen molar-refractivity contribution >= 4 is 28.3 Å². The quantitative estimate of drug-likeness (QED) is 0.364. The van der Waals surface area contributed by atoms with Crippen molar-refractivity contribution in [3.63, 3.8) is 0 Å². The van der Waals surface area contributed by atoms with E-state index in [1.807, 2.05) is 36.4 Å². The number of Topliss-reactive ketones (excluding diaryl/α,β-unsaturated/α-hetero) is 1. The number of H-pyrrole nitrogens is 1. The topological polar surface area (TPSA) is 104 Å². The molecule has 0 saturated heterocycles. The Balaban J connectivity index is 1.34.